The fourth-order valence-electron chi connectivity index (χ4n) is 4.59. The van der Waals surface area contributed by atoms with E-state index >= 15 is 0 Å². The Bertz CT molecular complexity index is 929. The van der Waals surface area contributed by atoms with Gasteiger partial charge >= 0.3 is 11.9 Å². The molecule has 3 atom stereocenters. The highest BCUT2D eigenvalue weighted by molar-refractivity contribution is 5.70. The molecule has 0 aromatic heterocycles. The van der Waals surface area contributed by atoms with Crippen LogP contribution in [-0.2, 0) is 19.1 Å². The number of esters is 2. The van der Waals surface area contributed by atoms with Gasteiger partial charge in [-0.05, 0) is 44.4 Å². The Labute approximate surface area is 286 Å². The monoisotopic (exact) mass is 658 g/mol. The van der Waals surface area contributed by atoms with Crippen LogP contribution in [0.25, 0.3) is 0 Å². The predicted octanol–water partition coefficient (Wildman–Crippen LogP) is 8.80. The molecule has 0 bridgehead atoms. The molecule has 0 aliphatic carbocycles. The zero-order valence-corrected chi connectivity index (χ0v) is 29.6. The number of ether oxygens (including phenoxy) is 2. The van der Waals surface area contributed by atoms with E-state index in [0.717, 1.165) is 38.0 Å². The van der Waals surface area contributed by atoms with Crippen molar-refractivity contribution in [2.24, 2.45) is 5.92 Å². The Morgan fingerprint density at radius 2 is 1.30 bits per heavy atom. The minimum Gasteiger partial charge on any atom is -0.462 e. The van der Waals surface area contributed by atoms with Gasteiger partial charge in [-0.2, -0.15) is 0 Å². The Hall–Kier alpha value is -2.74. The number of carbonyl (C=O) groups excluding carboxylic acids is 2. The lowest BCUT2D eigenvalue weighted by Crippen LogP contribution is -2.28. The van der Waals surface area contributed by atoms with Gasteiger partial charge in [0.25, 0.3) is 0 Å². The van der Waals surface area contributed by atoms with Crippen molar-refractivity contribution in [2.45, 2.75) is 148 Å². The van der Waals surface area contributed by atoms with E-state index in [0.29, 0.717) is 25.7 Å². The molecule has 0 fully saturated rings. The smallest absolute Gasteiger partial charge is 0.306 e. The van der Waals surface area contributed by atoms with Gasteiger partial charge < -0.3 is 24.8 Å². The molecule has 0 aliphatic rings. The number of hydrogen-bond donors (Lipinski definition) is 3. The van der Waals surface area contributed by atoms with Crippen LogP contribution in [0.2, 0.25) is 0 Å². The lowest BCUT2D eigenvalue weighted by molar-refractivity contribution is -0.161. The van der Waals surface area contributed by atoms with Crippen LogP contribution in [0.1, 0.15) is 130 Å². The molecular formula is C40H66O7. The Balaban J connectivity index is 3.92. The summed E-state index contributed by atoms with van der Waals surface area (Å²) >= 11 is 0. The van der Waals surface area contributed by atoms with Crippen molar-refractivity contribution in [1.82, 2.24) is 0 Å². The summed E-state index contributed by atoms with van der Waals surface area (Å²) < 4.78 is 10.5. The normalized spacial score (nSPS) is 14.5. The van der Waals surface area contributed by atoms with Crippen molar-refractivity contribution in [3.05, 3.63) is 72.9 Å². The van der Waals surface area contributed by atoms with Gasteiger partial charge in [0.2, 0.25) is 0 Å². The number of aliphatic hydroxyl groups is 3. The van der Waals surface area contributed by atoms with Gasteiger partial charge in [0.15, 0.2) is 6.10 Å². The van der Waals surface area contributed by atoms with E-state index in [1.807, 2.05) is 48.6 Å². The van der Waals surface area contributed by atoms with E-state index in [9.17, 15) is 24.9 Å². The minimum atomic E-state index is -0.861. The first kappa shape index (κ1) is 44.3. The topological polar surface area (TPSA) is 113 Å². The highest BCUT2D eigenvalue weighted by Crippen LogP contribution is 2.14. The second-order valence-electron chi connectivity index (χ2n) is 12.4. The van der Waals surface area contributed by atoms with Crippen LogP contribution >= 0.6 is 0 Å². The first-order chi connectivity index (χ1) is 22.8. The fraction of sp³-hybridized carbons (Fsp3) is 0.650. The average Bonchev–Trinajstić information content (AvgIpc) is 3.04. The SMILES string of the molecule is CC/C=C\C[C@H](O)/C=C/C=C\C/C=C\C=C\[C@H](O)/C=C\CCCC(=O)O[C@@H](CO)COC(=O)CCCCCCCCCCCC(C)C. The molecule has 0 aromatic carbocycles. The maximum absolute atomic E-state index is 12.1. The number of unbranched alkanes of at least 4 members (excludes halogenated alkanes) is 9. The van der Waals surface area contributed by atoms with E-state index < -0.39 is 30.9 Å². The molecule has 47 heavy (non-hydrogen) atoms. The first-order valence-corrected chi connectivity index (χ1v) is 18.1. The van der Waals surface area contributed by atoms with Crippen molar-refractivity contribution >= 4 is 11.9 Å². The molecule has 3 N–H and O–H groups in total. The number of carbonyl (C=O) groups is 2. The second-order valence-corrected chi connectivity index (χ2v) is 12.4. The van der Waals surface area contributed by atoms with Gasteiger partial charge in [0, 0.05) is 12.8 Å². The number of rotatable bonds is 30. The summed E-state index contributed by atoms with van der Waals surface area (Å²) in [5, 5.41) is 29.3. The summed E-state index contributed by atoms with van der Waals surface area (Å²) in [7, 11) is 0. The Morgan fingerprint density at radius 3 is 1.94 bits per heavy atom. The molecule has 7 nitrogen and oxygen atoms in total. The van der Waals surface area contributed by atoms with Gasteiger partial charge in [-0.15, -0.1) is 0 Å². The number of allylic oxidation sites excluding steroid dienone is 8. The van der Waals surface area contributed by atoms with Crippen molar-refractivity contribution in [3.8, 4) is 0 Å². The van der Waals surface area contributed by atoms with Crippen LogP contribution < -0.4 is 0 Å². The molecule has 0 radical (unpaired) electrons. The highest BCUT2D eigenvalue weighted by Gasteiger charge is 2.16. The first-order valence-electron chi connectivity index (χ1n) is 18.1. The molecule has 0 rings (SSSR count). The summed E-state index contributed by atoms with van der Waals surface area (Å²) in [4.78, 5) is 24.2. The lowest BCUT2D eigenvalue weighted by atomic mass is 10.0. The highest BCUT2D eigenvalue weighted by atomic mass is 16.6. The maximum atomic E-state index is 12.1. The molecule has 0 heterocycles. The third kappa shape index (κ3) is 33.0. The summed E-state index contributed by atoms with van der Waals surface area (Å²) in [5.74, 6) is 0.0175. The number of hydrogen-bond acceptors (Lipinski definition) is 7. The average molecular weight is 659 g/mol. The number of aliphatic hydroxyl groups excluding tert-OH is 3. The third-order valence-corrected chi connectivity index (χ3v) is 7.37. The van der Waals surface area contributed by atoms with E-state index in [4.69, 9.17) is 9.47 Å². The molecule has 0 saturated carbocycles. The Morgan fingerprint density at radius 1 is 0.681 bits per heavy atom. The minimum absolute atomic E-state index is 0.139. The quantitative estimate of drug-likeness (QED) is 0.0306. The van der Waals surface area contributed by atoms with Crippen molar-refractivity contribution < 1.29 is 34.4 Å². The van der Waals surface area contributed by atoms with Crippen LogP contribution in [0.15, 0.2) is 72.9 Å². The van der Waals surface area contributed by atoms with Crippen LogP contribution in [0.5, 0.6) is 0 Å². The largest absolute Gasteiger partial charge is 0.462 e. The van der Waals surface area contributed by atoms with Gasteiger partial charge in [-0.25, -0.2) is 0 Å². The predicted molar refractivity (Wildman–Crippen MR) is 194 cm³/mol. The Kier molecular flexibility index (Phi) is 31.2. The molecule has 0 aliphatic heterocycles. The summed E-state index contributed by atoms with van der Waals surface area (Å²) in [5.41, 5.74) is 0. The van der Waals surface area contributed by atoms with Crippen LogP contribution in [0.3, 0.4) is 0 Å². The second kappa shape index (κ2) is 33.2. The van der Waals surface area contributed by atoms with Gasteiger partial charge in [0.1, 0.15) is 6.61 Å². The van der Waals surface area contributed by atoms with E-state index in [2.05, 4.69) is 20.8 Å². The van der Waals surface area contributed by atoms with Gasteiger partial charge in [-0.1, -0.05) is 151 Å². The maximum Gasteiger partial charge on any atom is 0.306 e. The molecule has 7 heteroatoms. The van der Waals surface area contributed by atoms with Crippen LogP contribution in [0, 0.1) is 5.92 Å². The van der Waals surface area contributed by atoms with Crippen molar-refractivity contribution in [1.29, 1.82) is 0 Å². The zero-order valence-electron chi connectivity index (χ0n) is 29.6. The summed E-state index contributed by atoms with van der Waals surface area (Å²) in [6, 6.07) is 0. The van der Waals surface area contributed by atoms with Gasteiger partial charge in [-0.3, -0.25) is 9.59 Å². The fourth-order valence-corrected chi connectivity index (χ4v) is 4.59. The summed E-state index contributed by atoms with van der Waals surface area (Å²) in [6.45, 7) is 6.07. The van der Waals surface area contributed by atoms with Crippen LogP contribution in [0.4, 0.5) is 0 Å². The molecule has 0 amide bonds. The molecular weight excluding hydrogens is 592 g/mol. The van der Waals surface area contributed by atoms with E-state index in [1.165, 1.54) is 44.9 Å². The molecule has 268 valence electrons. The standard InChI is InChI=1S/C40H66O7/c1-4-5-19-27-36(42)28-21-15-11-9-12-16-22-29-37(43)30-23-18-25-32-40(45)47-38(33-41)34-46-39(44)31-24-17-13-8-6-7-10-14-20-26-35(2)3/h5,11-12,15-16,19,21-23,28-30,35-38,41-43H,4,6-10,13-14,17-18,20,24-27,31-34H2,1-3H3/b15-11-,16-12-,19-5-,28-21+,29-22+,30-23-/t36-,37-,38-/m0/s1. The zero-order chi connectivity index (χ0) is 34.8. The van der Waals surface area contributed by atoms with Crippen LogP contribution in [-0.4, -0.2) is 58.8 Å². The van der Waals surface area contributed by atoms with Crippen molar-refractivity contribution in [3.63, 3.8) is 0 Å². The third-order valence-electron chi connectivity index (χ3n) is 7.37. The van der Waals surface area contributed by atoms with Crippen molar-refractivity contribution in [2.75, 3.05) is 13.2 Å². The lowest BCUT2D eigenvalue weighted by Gasteiger charge is -2.15. The molecule has 0 unspecified atom stereocenters. The molecule has 0 spiro atoms. The molecule has 0 aromatic rings. The van der Waals surface area contributed by atoms with E-state index in [-0.39, 0.29) is 19.0 Å². The summed E-state index contributed by atoms with van der Waals surface area (Å²) in [6.07, 6.45) is 36.1. The van der Waals surface area contributed by atoms with Gasteiger partial charge in [0.05, 0.1) is 18.8 Å². The molecule has 0 saturated heterocycles. The van der Waals surface area contributed by atoms with E-state index in [1.54, 1.807) is 24.3 Å².